The maximum Gasteiger partial charge on any atom is 0.410 e. The smallest absolute Gasteiger partial charge is 0.410 e. The Kier molecular flexibility index (Phi) is 3.33. The Morgan fingerprint density at radius 3 is 2.71 bits per heavy atom. The normalized spacial score (nSPS) is 19.6. The lowest BCUT2D eigenvalue weighted by Crippen LogP contribution is -2.54. The van der Waals surface area contributed by atoms with E-state index in [1.54, 1.807) is 4.90 Å². The molecule has 4 heteroatoms. The van der Waals surface area contributed by atoms with Gasteiger partial charge in [-0.3, -0.25) is 4.90 Å². The molecule has 0 spiro atoms. The molecule has 1 saturated heterocycles. The molecule has 1 atom stereocenters. The van der Waals surface area contributed by atoms with Gasteiger partial charge in [-0.05, 0) is 18.9 Å². The first kappa shape index (κ1) is 11.9. The summed E-state index contributed by atoms with van der Waals surface area (Å²) in [5.41, 5.74) is 6.44. The molecule has 0 bridgehead atoms. The van der Waals surface area contributed by atoms with Crippen LogP contribution in [0.25, 0.3) is 0 Å². The van der Waals surface area contributed by atoms with Gasteiger partial charge in [0.1, 0.15) is 0 Å². The van der Waals surface area contributed by atoms with E-state index >= 15 is 0 Å². The molecule has 1 aliphatic rings. The zero-order chi connectivity index (χ0) is 12.3. The average Bonchev–Trinajstić information content (AvgIpc) is 2.39. The molecule has 2 rings (SSSR count). The molecule has 0 aliphatic carbocycles. The molecular formula is C13H18N2O2. The van der Waals surface area contributed by atoms with Crippen molar-refractivity contribution in [2.45, 2.75) is 18.9 Å². The van der Waals surface area contributed by atoms with Crippen LogP contribution in [0.4, 0.5) is 4.79 Å². The molecule has 92 valence electrons. The van der Waals surface area contributed by atoms with E-state index in [2.05, 4.69) is 0 Å². The summed E-state index contributed by atoms with van der Waals surface area (Å²) < 4.78 is 5.09. The second kappa shape index (κ2) is 4.75. The van der Waals surface area contributed by atoms with Gasteiger partial charge in [0.05, 0.1) is 12.1 Å². The van der Waals surface area contributed by atoms with Crippen LogP contribution in [-0.2, 0) is 10.3 Å². The standard InChI is InChI=1S/C13H18N2O2/c1-13(10-14,11-6-3-2-4-7-11)15-8-5-9-17-12(15)16/h2-4,6-7H,5,8-10,14H2,1H3. The molecule has 1 unspecified atom stereocenters. The van der Waals surface area contributed by atoms with E-state index in [4.69, 9.17) is 10.5 Å². The van der Waals surface area contributed by atoms with Gasteiger partial charge in [0.25, 0.3) is 0 Å². The van der Waals surface area contributed by atoms with Crippen LogP contribution in [0.1, 0.15) is 18.9 Å². The second-order valence-electron chi connectivity index (χ2n) is 4.46. The fourth-order valence-corrected chi connectivity index (χ4v) is 2.18. The van der Waals surface area contributed by atoms with Crippen LogP contribution in [-0.4, -0.2) is 30.7 Å². The number of cyclic esters (lactones) is 1. The lowest BCUT2D eigenvalue weighted by molar-refractivity contribution is 0.0264. The SMILES string of the molecule is CC(CN)(c1ccccc1)N1CCCOC1=O. The number of benzene rings is 1. The number of amides is 1. The van der Waals surface area contributed by atoms with Crippen LogP contribution in [0.3, 0.4) is 0 Å². The summed E-state index contributed by atoms with van der Waals surface area (Å²) in [4.78, 5) is 13.5. The third-order valence-electron chi connectivity index (χ3n) is 3.36. The number of nitrogens with zero attached hydrogens (tertiary/aromatic N) is 1. The van der Waals surface area contributed by atoms with Gasteiger partial charge in [-0.1, -0.05) is 30.3 Å². The summed E-state index contributed by atoms with van der Waals surface area (Å²) in [5, 5.41) is 0. The maximum absolute atomic E-state index is 11.8. The highest BCUT2D eigenvalue weighted by atomic mass is 16.6. The predicted octanol–water partition coefficient (Wildman–Crippen LogP) is 1.70. The minimum absolute atomic E-state index is 0.270. The molecule has 1 amide bonds. The zero-order valence-electron chi connectivity index (χ0n) is 10.1. The van der Waals surface area contributed by atoms with Crippen molar-refractivity contribution in [2.24, 2.45) is 5.73 Å². The third-order valence-corrected chi connectivity index (χ3v) is 3.36. The van der Waals surface area contributed by atoms with Crippen molar-refractivity contribution >= 4 is 6.09 Å². The Hall–Kier alpha value is -1.55. The fraction of sp³-hybridized carbons (Fsp3) is 0.462. The molecular weight excluding hydrogens is 216 g/mol. The number of hydrogen-bond acceptors (Lipinski definition) is 3. The molecule has 0 radical (unpaired) electrons. The largest absolute Gasteiger partial charge is 0.449 e. The lowest BCUT2D eigenvalue weighted by atomic mass is 9.90. The molecule has 0 saturated carbocycles. The highest BCUT2D eigenvalue weighted by Gasteiger charge is 2.38. The van der Waals surface area contributed by atoms with E-state index in [0.717, 1.165) is 12.0 Å². The molecule has 0 aromatic heterocycles. The lowest BCUT2D eigenvalue weighted by Gasteiger charge is -2.42. The molecule has 2 N–H and O–H groups in total. The summed E-state index contributed by atoms with van der Waals surface area (Å²) in [6.07, 6.45) is 0.585. The molecule has 4 nitrogen and oxygen atoms in total. The van der Waals surface area contributed by atoms with E-state index in [1.165, 1.54) is 0 Å². The third kappa shape index (κ3) is 2.13. The molecule has 1 aromatic carbocycles. The van der Waals surface area contributed by atoms with Crippen LogP contribution in [0, 0.1) is 0 Å². The van der Waals surface area contributed by atoms with E-state index in [-0.39, 0.29) is 6.09 Å². The zero-order valence-corrected chi connectivity index (χ0v) is 10.1. The first-order valence-electron chi connectivity index (χ1n) is 5.88. The second-order valence-corrected chi connectivity index (χ2v) is 4.46. The van der Waals surface area contributed by atoms with Crippen LogP contribution in [0.2, 0.25) is 0 Å². The van der Waals surface area contributed by atoms with Gasteiger partial charge in [-0.15, -0.1) is 0 Å². The van der Waals surface area contributed by atoms with Crippen LogP contribution < -0.4 is 5.73 Å². The molecule has 1 aromatic rings. The first-order valence-corrected chi connectivity index (χ1v) is 5.88. The van der Waals surface area contributed by atoms with E-state index in [9.17, 15) is 4.79 Å². The highest BCUT2D eigenvalue weighted by molar-refractivity contribution is 5.69. The number of carbonyl (C=O) groups is 1. The summed E-state index contributed by atoms with van der Waals surface area (Å²) in [6.45, 7) is 3.56. The van der Waals surface area contributed by atoms with Crippen LogP contribution in [0.15, 0.2) is 30.3 Å². The van der Waals surface area contributed by atoms with Gasteiger partial charge in [0.2, 0.25) is 0 Å². The maximum atomic E-state index is 11.8. The van der Waals surface area contributed by atoms with E-state index < -0.39 is 5.54 Å². The quantitative estimate of drug-likeness (QED) is 0.866. The van der Waals surface area contributed by atoms with Crippen molar-refractivity contribution < 1.29 is 9.53 Å². The number of rotatable bonds is 3. The molecule has 1 aliphatic heterocycles. The first-order chi connectivity index (χ1) is 8.18. The topological polar surface area (TPSA) is 55.6 Å². The fourth-order valence-electron chi connectivity index (χ4n) is 2.18. The summed E-state index contributed by atoms with van der Waals surface area (Å²) in [6, 6.07) is 9.86. The minimum atomic E-state index is -0.487. The minimum Gasteiger partial charge on any atom is -0.449 e. The number of ether oxygens (including phenoxy) is 1. The predicted molar refractivity (Wildman–Crippen MR) is 65.5 cm³/mol. The summed E-state index contributed by atoms with van der Waals surface area (Å²) in [5.74, 6) is 0. The van der Waals surface area contributed by atoms with Crippen molar-refractivity contribution in [3.8, 4) is 0 Å². The summed E-state index contributed by atoms with van der Waals surface area (Å²) in [7, 11) is 0. The van der Waals surface area contributed by atoms with Crippen LogP contribution >= 0.6 is 0 Å². The van der Waals surface area contributed by atoms with E-state index in [1.807, 2.05) is 37.3 Å². The highest BCUT2D eigenvalue weighted by Crippen LogP contribution is 2.29. The van der Waals surface area contributed by atoms with Crippen molar-refractivity contribution in [3.05, 3.63) is 35.9 Å². The van der Waals surface area contributed by atoms with Gasteiger partial charge in [0.15, 0.2) is 0 Å². The van der Waals surface area contributed by atoms with Crippen molar-refractivity contribution in [1.82, 2.24) is 4.90 Å². The molecule has 1 fully saturated rings. The Balaban J connectivity index is 2.33. The molecule has 1 heterocycles. The average molecular weight is 234 g/mol. The van der Waals surface area contributed by atoms with Gasteiger partial charge in [-0.2, -0.15) is 0 Å². The van der Waals surface area contributed by atoms with Crippen molar-refractivity contribution in [2.75, 3.05) is 19.7 Å². The van der Waals surface area contributed by atoms with Gasteiger partial charge in [0, 0.05) is 13.1 Å². The monoisotopic (exact) mass is 234 g/mol. The Morgan fingerprint density at radius 1 is 1.41 bits per heavy atom. The van der Waals surface area contributed by atoms with Crippen LogP contribution in [0.5, 0.6) is 0 Å². The Morgan fingerprint density at radius 2 is 2.12 bits per heavy atom. The van der Waals surface area contributed by atoms with Crippen molar-refractivity contribution in [3.63, 3.8) is 0 Å². The Bertz CT molecular complexity index is 394. The Labute approximate surface area is 101 Å². The number of carbonyl (C=O) groups excluding carboxylic acids is 1. The van der Waals surface area contributed by atoms with Crippen molar-refractivity contribution in [1.29, 1.82) is 0 Å². The molecule has 17 heavy (non-hydrogen) atoms. The van der Waals surface area contributed by atoms with Gasteiger partial charge < -0.3 is 10.5 Å². The van der Waals surface area contributed by atoms with Gasteiger partial charge in [-0.25, -0.2) is 4.79 Å². The number of nitrogens with two attached hydrogens (primary N) is 1. The summed E-state index contributed by atoms with van der Waals surface area (Å²) >= 11 is 0. The van der Waals surface area contributed by atoms with E-state index in [0.29, 0.717) is 19.7 Å². The number of hydrogen-bond donors (Lipinski definition) is 1. The van der Waals surface area contributed by atoms with Gasteiger partial charge >= 0.3 is 6.09 Å².